The number of para-hydroxylation sites is 2. The van der Waals surface area contributed by atoms with Gasteiger partial charge in [0.2, 0.25) is 5.91 Å². The number of nitrogens with zero attached hydrogens (tertiary/aromatic N) is 4. The van der Waals surface area contributed by atoms with Crippen LogP contribution >= 0.6 is 0 Å². The highest BCUT2D eigenvalue weighted by Crippen LogP contribution is 2.60. The van der Waals surface area contributed by atoms with Crippen LogP contribution in [0.1, 0.15) is 58.8 Å². The van der Waals surface area contributed by atoms with Gasteiger partial charge in [0, 0.05) is 31.1 Å². The van der Waals surface area contributed by atoms with Gasteiger partial charge < -0.3 is 25.7 Å². The molecule has 0 radical (unpaired) electrons. The lowest BCUT2D eigenvalue weighted by Gasteiger charge is -2.58. The molecule has 9 nitrogen and oxygen atoms in total. The molecule has 2 aromatic rings. The summed E-state index contributed by atoms with van der Waals surface area (Å²) in [6.45, 7) is 7.98. The molecular formula is C32H42N6O3. The lowest BCUT2D eigenvalue weighted by Crippen LogP contribution is -2.62. The Morgan fingerprint density at radius 3 is 2.32 bits per heavy atom. The van der Waals surface area contributed by atoms with Crippen LogP contribution < -0.4 is 25.9 Å². The van der Waals surface area contributed by atoms with E-state index in [1.54, 1.807) is 5.06 Å². The summed E-state index contributed by atoms with van der Waals surface area (Å²) in [5, 5.41) is 4.90. The van der Waals surface area contributed by atoms with Gasteiger partial charge in [0.15, 0.2) is 0 Å². The summed E-state index contributed by atoms with van der Waals surface area (Å²) in [5.41, 5.74) is 8.86. The van der Waals surface area contributed by atoms with E-state index >= 15 is 0 Å². The van der Waals surface area contributed by atoms with Crippen molar-refractivity contribution in [3.63, 3.8) is 0 Å². The Morgan fingerprint density at radius 1 is 0.951 bits per heavy atom. The predicted octanol–water partition coefficient (Wildman–Crippen LogP) is 4.99. The van der Waals surface area contributed by atoms with E-state index in [9.17, 15) is 9.59 Å². The van der Waals surface area contributed by atoms with Gasteiger partial charge in [0.05, 0.1) is 29.8 Å². The molecule has 3 N–H and O–H groups in total. The summed E-state index contributed by atoms with van der Waals surface area (Å²) in [7, 11) is 0. The van der Waals surface area contributed by atoms with Crippen LogP contribution in [0.25, 0.3) is 0 Å². The van der Waals surface area contributed by atoms with Gasteiger partial charge >= 0.3 is 6.09 Å². The number of aromatic nitrogens is 1. The number of carbonyl (C=O) groups excluding carboxylic acids is 2. The summed E-state index contributed by atoms with van der Waals surface area (Å²) in [6.07, 6.45) is 8.53. The standard InChI is InChI=1S/C32H42N6O3/c1-31(2)9-11-36(12-10-31)24-7-8-27(34-20-24)37-13-14-38(26-6-4-3-5-25(26)37)41-30(40)35-28-22-15-21-16-23(28)19-32(17-21,18-22)29(33)39/h3-8,20-23,28H,9-19H2,1-2H3,(H2,33,39)(H,35,40)/t21?,22-,23+,28?,32?. The number of hydrogen-bond acceptors (Lipinski definition) is 7. The van der Waals surface area contributed by atoms with Crippen LogP contribution in [-0.4, -0.2) is 49.2 Å². The second-order valence-electron chi connectivity index (χ2n) is 13.9. The molecule has 5 fully saturated rings. The van der Waals surface area contributed by atoms with Crippen LogP contribution in [0.3, 0.4) is 0 Å². The van der Waals surface area contributed by atoms with Crippen LogP contribution in [0.2, 0.25) is 0 Å². The number of rotatable bonds is 5. The maximum absolute atomic E-state index is 13.2. The van der Waals surface area contributed by atoms with Crippen molar-refractivity contribution in [2.45, 2.75) is 64.8 Å². The van der Waals surface area contributed by atoms with E-state index < -0.39 is 6.09 Å². The summed E-state index contributed by atoms with van der Waals surface area (Å²) in [5.74, 6) is 1.85. The number of primary amides is 1. The molecule has 1 aromatic carbocycles. The van der Waals surface area contributed by atoms with Crippen LogP contribution in [0, 0.1) is 28.6 Å². The third-order valence-corrected chi connectivity index (χ3v) is 10.7. The zero-order valence-corrected chi connectivity index (χ0v) is 24.2. The maximum atomic E-state index is 13.2. The van der Waals surface area contributed by atoms with Crippen molar-refractivity contribution in [3.8, 4) is 0 Å². The Hall–Kier alpha value is -3.49. The number of carbonyl (C=O) groups is 2. The van der Waals surface area contributed by atoms with E-state index in [0.717, 1.165) is 62.4 Å². The highest BCUT2D eigenvalue weighted by Gasteiger charge is 2.58. The SMILES string of the molecule is CC1(C)CCN(c2ccc(N3CCN(OC(=O)NC4[C@@H]5CC6C[C@H]4CC(C(N)=O)(C6)C5)c4ccccc43)nc2)CC1. The number of hydrogen-bond donors (Lipinski definition) is 2. The third kappa shape index (κ3) is 4.77. The molecule has 1 aromatic heterocycles. The van der Waals surface area contributed by atoms with Crippen LogP contribution in [0.5, 0.6) is 0 Å². The maximum Gasteiger partial charge on any atom is 0.431 e. The Labute approximate surface area is 242 Å². The molecule has 2 aliphatic heterocycles. The molecule has 1 saturated heterocycles. The number of anilines is 4. The highest BCUT2D eigenvalue weighted by molar-refractivity contribution is 5.82. The van der Waals surface area contributed by atoms with Gasteiger partial charge in [-0.15, -0.1) is 0 Å². The Morgan fingerprint density at radius 2 is 1.66 bits per heavy atom. The van der Waals surface area contributed by atoms with Gasteiger partial charge in [-0.2, -0.15) is 0 Å². The fourth-order valence-electron chi connectivity index (χ4n) is 8.59. The third-order valence-electron chi connectivity index (χ3n) is 10.7. The van der Waals surface area contributed by atoms with Gasteiger partial charge in [-0.25, -0.2) is 14.8 Å². The minimum Gasteiger partial charge on any atom is -0.370 e. The number of pyridine rings is 1. The minimum absolute atomic E-state index is 0.0387. The first-order valence-electron chi connectivity index (χ1n) is 15.3. The molecule has 4 saturated carbocycles. The van der Waals surface area contributed by atoms with Crippen molar-refractivity contribution in [2.75, 3.05) is 41.0 Å². The van der Waals surface area contributed by atoms with Crippen molar-refractivity contribution >= 4 is 34.9 Å². The molecule has 2 amide bonds. The normalized spacial score (nSPS) is 31.5. The van der Waals surface area contributed by atoms with Gasteiger partial charge in [-0.05, 0) is 92.4 Å². The predicted molar refractivity (Wildman–Crippen MR) is 159 cm³/mol. The second kappa shape index (κ2) is 9.81. The van der Waals surface area contributed by atoms with Crippen molar-refractivity contribution in [2.24, 2.45) is 34.3 Å². The molecule has 41 heavy (non-hydrogen) atoms. The van der Waals surface area contributed by atoms with Gasteiger partial charge in [-0.1, -0.05) is 26.0 Å². The van der Waals surface area contributed by atoms with E-state index in [2.05, 4.69) is 41.1 Å². The number of piperidine rings is 1. The topological polar surface area (TPSA) is 104 Å². The van der Waals surface area contributed by atoms with Crippen molar-refractivity contribution in [3.05, 3.63) is 42.6 Å². The van der Waals surface area contributed by atoms with Gasteiger partial charge in [0.1, 0.15) is 5.82 Å². The Balaban J connectivity index is 1.02. The molecule has 0 spiro atoms. The lowest BCUT2D eigenvalue weighted by molar-refractivity contribution is -0.145. The van der Waals surface area contributed by atoms with Crippen molar-refractivity contribution < 1.29 is 14.4 Å². The molecule has 9 heteroatoms. The largest absolute Gasteiger partial charge is 0.431 e. The molecule has 8 rings (SSSR count). The fourth-order valence-corrected chi connectivity index (χ4v) is 8.59. The molecular weight excluding hydrogens is 516 g/mol. The highest BCUT2D eigenvalue weighted by atomic mass is 16.7. The molecule has 218 valence electrons. The van der Waals surface area contributed by atoms with E-state index in [4.69, 9.17) is 15.6 Å². The summed E-state index contributed by atoms with van der Waals surface area (Å²) >= 11 is 0. The molecule has 5 atom stereocenters. The van der Waals surface area contributed by atoms with E-state index in [0.29, 0.717) is 24.4 Å². The fraction of sp³-hybridized carbons (Fsp3) is 0.594. The quantitative estimate of drug-likeness (QED) is 0.533. The number of hydroxylamine groups is 1. The first-order valence-corrected chi connectivity index (χ1v) is 15.3. The molecule has 4 aliphatic carbocycles. The number of amides is 2. The molecule has 3 heterocycles. The van der Waals surface area contributed by atoms with E-state index in [1.807, 2.05) is 30.5 Å². The number of fused-ring (bicyclic) bond motifs is 1. The first-order chi connectivity index (χ1) is 19.7. The number of benzene rings is 1. The van der Waals surface area contributed by atoms with Gasteiger partial charge in [0.25, 0.3) is 0 Å². The Kier molecular flexibility index (Phi) is 6.32. The average molecular weight is 559 g/mol. The average Bonchev–Trinajstić information content (AvgIpc) is 2.95. The van der Waals surface area contributed by atoms with Crippen molar-refractivity contribution in [1.29, 1.82) is 0 Å². The van der Waals surface area contributed by atoms with Gasteiger partial charge in [-0.3, -0.25) is 4.79 Å². The minimum atomic E-state index is -0.425. The molecule has 6 aliphatic rings. The lowest BCUT2D eigenvalue weighted by atomic mass is 9.47. The van der Waals surface area contributed by atoms with Crippen molar-refractivity contribution in [1.82, 2.24) is 10.3 Å². The molecule has 3 unspecified atom stereocenters. The Bertz CT molecular complexity index is 1300. The zero-order chi connectivity index (χ0) is 28.4. The second-order valence-corrected chi connectivity index (χ2v) is 13.9. The van der Waals surface area contributed by atoms with Crippen LogP contribution in [0.4, 0.5) is 27.7 Å². The monoisotopic (exact) mass is 558 g/mol. The van der Waals surface area contributed by atoms with Crippen LogP contribution in [0.15, 0.2) is 42.6 Å². The number of nitrogens with one attached hydrogen (secondary N) is 1. The van der Waals surface area contributed by atoms with E-state index in [-0.39, 0.29) is 29.2 Å². The first kappa shape index (κ1) is 26.4. The molecule has 4 bridgehead atoms. The summed E-state index contributed by atoms with van der Waals surface area (Å²) in [4.78, 5) is 40.9. The number of nitrogens with two attached hydrogens (primary N) is 1. The zero-order valence-electron chi connectivity index (χ0n) is 24.2. The van der Waals surface area contributed by atoms with Crippen LogP contribution in [-0.2, 0) is 9.63 Å². The van der Waals surface area contributed by atoms with E-state index in [1.165, 1.54) is 18.5 Å². The summed E-state index contributed by atoms with van der Waals surface area (Å²) in [6, 6.07) is 12.3. The smallest absolute Gasteiger partial charge is 0.370 e. The summed E-state index contributed by atoms with van der Waals surface area (Å²) < 4.78 is 0.